The normalized spacial score (nSPS) is 11.9. The van der Waals surface area contributed by atoms with E-state index in [0.29, 0.717) is 18.4 Å². The summed E-state index contributed by atoms with van der Waals surface area (Å²) in [4.78, 5) is 11.9. The predicted octanol–water partition coefficient (Wildman–Crippen LogP) is 2.61. The molecular weight excluding hydrogens is 174 g/mol. The van der Waals surface area contributed by atoms with E-state index in [2.05, 4.69) is 39.6 Å². The minimum atomic E-state index is -0.289. The SMILES string of the molecule is C=CCNC(=O)C(C)(C(C)C)C(C)C. The third-order valence-corrected chi connectivity index (χ3v) is 3.29. The number of hydrogen-bond donors (Lipinski definition) is 1. The number of carbonyl (C=O) groups excluding carboxylic acids is 1. The Labute approximate surface area is 87.8 Å². The number of nitrogens with one attached hydrogen (secondary N) is 1. The molecule has 0 atom stereocenters. The Morgan fingerprint density at radius 1 is 1.36 bits per heavy atom. The summed E-state index contributed by atoms with van der Waals surface area (Å²) >= 11 is 0. The summed E-state index contributed by atoms with van der Waals surface area (Å²) < 4.78 is 0. The lowest BCUT2D eigenvalue weighted by Crippen LogP contribution is -2.45. The predicted molar refractivity (Wildman–Crippen MR) is 61.0 cm³/mol. The zero-order valence-corrected chi connectivity index (χ0v) is 10.1. The van der Waals surface area contributed by atoms with E-state index < -0.39 is 0 Å². The molecule has 82 valence electrons. The number of carbonyl (C=O) groups is 1. The van der Waals surface area contributed by atoms with Crippen molar-refractivity contribution >= 4 is 5.91 Å². The maximum atomic E-state index is 11.9. The summed E-state index contributed by atoms with van der Waals surface area (Å²) in [6, 6.07) is 0. The Morgan fingerprint density at radius 3 is 2.07 bits per heavy atom. The van der Waals surface area contributed by atoms with Crippen LogP contribution in [0.2, 0.25) is 0 Å². The van der Waals surface area contributed by atoms with Crippen molar-refractivity contribution in [2.45, 2.75) is 34.6 Å². The quantitative estimate of drug-likeness (QED) is 0.674. The summed E-state index contributed by atoms with van der Waals surface area (Å²) in [7, 11) is 0. The average Bonchev–Trinajstić information content (AvgIpc) is 2.11. The fraction of sp³-hybridized carbons (Fsp3) is 0.750. The Morgan fingerprint density at radius 2 is 1.79 bits per heavy atom. The van der Waals surface area contributed by atoms with Crippen LogP contribution in [0.25, 0.3) is 0 Å². The Balaban J connectivity index is 4.65. The minimum Gasteiger partial charge on any atom is -0.352 e. The van der Waals surface area contributed by atoms with Gasteiger partial charge in [0.15, 0.2) is 0 Å². The van der Waals surface area contributed by atoms with Crippen molar-refractivity contribution in [2.24, 2.45) is 17.3 Å². The van der Waals surface area contributed by atoms with Crippen LogP contribution in [0.4, 0.5) is 0 Å². The second kappa shape index (κ2) is 5.18. The van der Waals surface area contributed by atoms with Crippen LogP contribution in [0.1, 0.15) is 34.6 Å². The second-order valence-electron chi connectivity index (χ2n) is 4.59. The molecule has 2 nitrogen and oxygen atoms in total. The Kier molecular flexibility index (Phi) is 4.89. The van der Waals surface area contributed by atoms with Gasteiger partial charge in [-0.15, -0.1) is 6.58 Å². The molecule has 0 aliphatic carbocycles. The standard InChI is InChI=1S/C12H23NO/c1-7-8-13-11(14)12(6,9(2)3)10(4)5/h7,9-10H,1,8H2,2-6H3,(H,13,14). The van der Waals surface area contributed by atoms with Gasteiger partial charge < -0.3 is 5.32 Å². The fourth-order valence-corrected chi connectivity index (χ4v) is 1.55. The lowest BCUT2D eigenvalue weighted by molar-refractivity contribution is -0.135. The van der Waals surface area contributed by atoms with Gasteiger partial charge in [0.2, 0.25) is 5.91 Å². The fourth-order valence-electron chi connectivity index (χ4n) is 1.55. The third kappa shape index (κ3) is 2.60. The van der Waals surface area contributed by atoms with Gasteiger partial charge in [-0.25, -0.2) is 0 Å². The van der Waals surface area contributed by atoms with Gasteiger partial charge in [0.1, 0.15) is 0 Å². The molecule has 0 aromatic carbocycles. The molecule has 0 saturated heterocycles. The number of hydrogen-bond acceptors (Lipinski definition) is 1. The van der Waals surface area contributed by atoms with Crippen LogP contribution >= 0.6 is 0 Å². The van der Waals surface area contributed by atoms with E-state index in [1.165, 1.54) is 0 Å². The molecule has 1 amide bonds. The van der Waals surface area contributed by atoms with E-state index in [9.17, 15) is 4.79 Å². The molecule has 0 aromatic heterocycles. The monoisotopic (exact) mass is 197 g/mol. The maximum absolute atomic E-state index is 11.9. The van der Waals surface area contributed by atoms with Crippen molar-refractivity contribution in [1.82, 2.24) is 5.32 Å². The lowest BCUT2D eigenvalue weighted by Gasteiger charge is -2.36. The molecule has 0 saturated carbocycles. The largest absolute Gasteiger partial charge is 0.352 e. The molecule has 1 N–H and O–H groups in total. The first-order chi connectivity index (χ1) is 6.37. The van der Waals surface area contributed by atoms with E-state index in [0.717, 1.165) is 0 Å². The summed E-state index contributed by atoms with van der Waals surface area (Å²) in [5, 5.41) is 2.88. The van der Waals surface area contributed by atoms with E-state index in [4.69, 9.17) is 0 Å². The highest BCUT2D eigenvalue weighted by atomic mass is 16.2. The molecule has 0 radical (unpaired) electrons. The minimum absolute atomic E-state index is 0.127. The molecular formula is C12H23NO. The molecule has 0 bridgehead atoms. The first kappa shape index (κ1) is 13.2. The second-order valence-corrected chi connectivity index (χ2v) is 4.59. The van der Waals surface area contributed by atoms with E-state index in [1.807, 2.05) is 6.92 Å². The summed E-state index contributed by atoms with van der Waals surface area (Å²) in [5.41, 5.74) is -0.289. The molecule has 0 aliphatic heterocycles. The summed E-state index contributed by atoms with van der Waals surface area (Å²) in [6.07, 6.45) is 1.71. The van der Waals surface area contributed by atoms with E-state index >= 15 is 0 Å². The van der Waals surface area contributed by atoms with Gasteiger partial charge in [-0.2, -0.15) is 0 Å². The number of rotatable bonds is 5. The summed E-state index contributed by atoms with van der Waals surface area (Å²) in [6.45, 7) is 14.5. The van der Waals surface area contributed by atoms with Gasteiger partial charge in [-0.05, 0) is 11.8 Å². The number of amides is 1. The van der Waals surface area contributed by atoms with Crippen LogP contribution < -0.4 is 5.32 Å². The van der Waals surface area contributed by atoms with Crippen molar-refractivity contribution < 1.29 is 4.79 Å². The van der Waals surface area contributed by atoms with Crippen LogP contribution in [-0.2, 0) is 4.79 Å². The average molecular weight is 197 g/mol. The first-order valence-corrected chi connectivity index (χ1v) is 5.26. The molecule has 0 rings (SSSR count). The molecule has 2 heteroatoms. The van der Waals surface area contributed by atoms with Gasteiger partial charge >= 0.3 is 0 Å². The highest BCUT2D eigenvalue weighted by Crippen LogP contribution is 2.35. The topological polar surface area (TPSA) is 29.1 Å². The van der Waals surface area contributed by atoms with Gasteiger partial charge in [0.05, 0.1) is 5.41 Å². The van der Waals surface area contributed by atoms with E-state index in [1.54, 1.807) is 6.08 Å². The van der Waals surface area contributed by atoms with Crippen LogP contribution in [0.5, 0.6) is 0 Å². The molecule has 14 heavy (non-hydrogen) atoms. The van der Waals surface area contributed by atoms with Crippen LogP contribution in [0.15, 0.2) is 12.7 Å². The van der Waals surface area contributed by atoms with Gasteiger partial charge in [0.25, 0.3) is 0 Å². The smallest absolute Gasteiger partial charge is 0.226 e. The molecule has 0 aromatic rings. The molecule has 0 unspecified atom stereocenters. The van der Waals surface area contributed by atoms with E-state index in [-0.39, 0.29) is 11.3 Å². The highest BCUT2D eigenvalue weighted by Gasteiger charge is 2.39. The molecule has 0 heterocycles. The van der Waals surface area contributed by atoms with Gasteiger partial charge in [0, 0.05) is 6.54 Å². The lowest BCUT2D eigenvalue weighted by atomic mass is 9.70. The van der Waals surface area contributed by atoms with Crippen molar-refractivity contribution in [1.29, 1.82) is 0 Å². The summed E-state index contributed by atoms with van der Waals surface area (Å²) in [5.74, 6) is 0.807. The molecule has 0 fully saturated rings. The van der Waals surface area contributed by atoms with Crippen molar-refractivity contribution in [3.05, 3.63) is 12.7 Å². The third-order valence-electron chi connectivity index (χ3n) is 3.29. The zero-order valence-electron chi connectivity index (χ0n) is 10.1. The van der Waals surface area contributed by atoms with Crippen molar-refractivity contribution in [3.8, 4) is 0 Å². The maximum Gasteiger partial charge on any atom is 0.226 e. The Hall–Kier alpha value is -0.790. The van der Waals surface area contributed by atoms with Gasteiger partial charge in [-0.3, -0.25) is 4.79 Å². The van der Waals surface area contributed by atoms with Gasteiger partial charge in [-0.1, -0.05) is 40.7 Å². The molecule has 0 spiro atoms. The zero-order chi connectivity index (χ0) is 11.4. The highest BCUT2D eigenvalue weighted by molar-refractivity contribution is 5.82. The van der Waals surface area contributed by atoms with Crippen LogP contribution in [0.3, 0.4) is 0 Å². The van der Waals surface area contributed by atoms with Crippen molar-refractivity contribution in [2.75, 3.05) is 6.54 Å². The van der Waals surface area contributed by atoms with Crippen molar-refractivity contribution in [3.63, 3.8) is 0 Å². The van der Waals surface area contributed by atoms with Crippen LogP contribution in [-0.4, -0.2) is 12.5 Å². The Bertz CT molecular complexity index is 198. The molecule has 0 aliphatic rings. The van der Waals surface area contributed by atoms with Crippen LogP contribution in [0, 0.1) is 17.3 Å². The first-order valence-electron chi connectivity index (χ1n) is 5.26.